The van der Waals surface area contributed by atoms with E-state index in [9.17, 15) is 9.59 Å². The summed E-state index contributed by atoms with van der Waals surface area (Å²) >= 11 is 0. The summed E-state index contributed by atoms with van der Waals surface area (Å²) in [7, 11) is 3.53. The van der Waals surface area contributed by atoms with Crippen LogP contribution in [-0.4, -0.2) is 56.5 Å². The molecule has 2 heterocycles. The Labute approximate surface area is 170 Å². The second-order valence-corrected chi connectivity index (χ2v) is 7.47. The van der Waals surface area contributed by atoms with Gasteiger partial charge < -0.3 is 25.2 Å². The van der Waals surface area contributed by atoms with Gasteiger partial charge in [0, 0.05) is 37.8 Å². The molecule has 152 valence electrons. The molecule has 1 saturated heterocycles. The van der Waals surface area contributed by atoms with Gasteiger partial charge in [0.1, 0.15) is 11.8 Å². The van der Waals surface area contributed by atoms with Crippen molar-refractivity contribution < 1.29 is 14.3 Å². The lowest BCUT2D eigenvalue weighted by Crippen LogP contribution is -2.49. The van der Waals surface area contributed by atoms with Crippen LogP contribution in [0, 0.1) is 0 Å². The number of carbonyl (C=O) groups excluding carboxylic acids is 2. The molecule has 4 rings (SSSR count). The highest BCUT2D eigenvalue weighted by atomic mass is 16.5. The average molecular weight is 394 g/mol. The summed E-state index contributed by atoms with van der Waals surface area (Å²) in [5.41, 5.74) is 3.13. The van der Waals surface area contributed by atoms with Gasteiger partial charge in [0.05, 0.1) is 24.5 Å². The normalized spacial score (nSPS) is 21.4. The Morgan fingerprint density at radius 2 is 2.00 bits per heavy atom. The molecule has 2 unspecified atom stereocenters. The van der Waals surface area contributed by atoms with Gasteiger partial charge in [0.25, 0.3) is 5.91 Å². The van der Waals surface area contributed by atoms with Gasteiger partial charge in [-0.25, -0.2) is 0 Å². The van der Waals surface area contributed by atoms with Crippen molar-refractivity contribution in [2.45, 2.75) is 19.0 Å². The summed E-state index contributed by atoms with van der Waals surface area (Å²) in [4.78, 5) is 29.4. The van der Waals surface area contributed by atoms with Crippen LogP contribution < -0.4 is 20.3 Å². The number of benzene rings is 2. The zero-order valence-corrected chi connectivity index (χ0v) is 16.9. The van der Waals surface area contributed by atoms with E-state index < -0.39 is 0 Å². The number of amides is 2. The van der Waals surface area contributed by atoms with Crippen molar-refractivity contribution in [1.29, 1.82) is 0 Å². The summed E-state index contributed by atoms with van der Waals surface area (Å²) in [5, 5.41) is 6.29. The molecule has 7 heteroatoms. The maximum atomic E-state index is 13.4. The maximum absolute atomic E-state index is 13.4. The highest BCUT2D eigenvalue weighted by Crippen LogP contribution is 2.34. The minimum absolute atomic E-state index is 0.0549. The number of hydrogen-bond acceptors (Lipinski definition) is 5. The molecular weight excluding hydrogens is 368 g/mol. The molecule has 0 aliphatic carbocycles. The van der Waals surface area contributed by atoms with E-state index in [1.54, 1.807) is 13.2 Å². The van der Waals surface area contributed by atoms with Gasteiger partial charge >= 0.3 is 0 Å². The second-order valence-electron chi connectivity index (χ2n) is 7.47. The van der Waals surface area contributed by atoms with Crippen molar-refractivity contribution >= 4 is 23.2 Å². The van der Waals surface area contributed by atoms with E-state index in [-0.39, 0.29) is 23.9 Å². The summed E-state index contributed by atoms with van der Waals surface area (Å²) in [6, 6.07) is 12.9. The molecule has 2 aliphatic heterocycles. The van der Waals surface area contributed by atoms with Crippen LogP contribution in [0.1, 0.15) is 28.9 Å². The van der Waals surface area contributed by atoms with Crippen LogP contribution in [0.2, 0.25) is 0 Å². The van der Waals surface area contributed by atoms with Gasteiger partial charge in [-0.1, -0.05) is 18.2 Å². The van der Waals surface area contributed by atoms with Gasteiger partial charge in [0.2, 0.25) is 5.91 Å². The number of nitrogens with zero attached hydrogens (tertiary/aromatic N) is 2. The first kappa shape index (κ1) is 19.3. The van der Waals surface area contributed by atoms with Crippen molar-refractivity contribution in [3.05, 3.63) is 53.6 Å². The standard InChI is InChI=1S/C22H26N4O3/c1-14-21(27)24-17-12-15(8-9-18(17)25(14)2)22(28)26-11-10-23-13-19(26)16-6-4-5-7-20(16)29-3/h4-9,12,14,19,23H,10-11,13H2,1-3H3,(H,24,27). The number of piperazine rings is 1. The summed E-state index contributed by atoms with van der Waals surface area (Å²) in [5.74, 6) is 0.645. The second kappa shape index (κ2) is 7.75. The molecule has 29 heavy (non-hydrogen) atoms. The quantitative estimate of drug-likeness (QED) is 0.835. The fourth-order valence-corrected chi connectivity index (χ4v) is 4.03. The number of hydrogen-bond donors (Lipinski definition) is 2. The molecule has 0 aromatic heterocycles. The largest absolute Gasteiger partial charge is 0.496 e. The van der Waals surface area contributed by atoms with Crippen LogP contribution in [-0.2, 0) is 4.79 Å². The number of anilines is 2. The lowest BCUT2D eigenvalue weighted by atomic mass is 10.00. The van der Waals surface area contributed by atoms with E-state index in [2.05, 4.69) is 10.6 Å². The number of likely N-dealkylation sites (N-methyl/N-ethyl adjacent to an activating group) is 1. The molecule has 2 aromatic carbocycles. The molecule has 1 fully saturated rings. The zero-order chi connectivity index (χ0) is 20.5. The number of para-hydroxylation sites is 1. The SMILES string of the molecule is COc1ccccc1C1CNCCN1C(=O)c1ccc2c(c1)NC(=O)C(C)N2C. The van der Waals surface area contributed by atoms with Crippen molar-refractivity contribution in [2.24, 2.45) is 0 Å². The van der Waals surface area contributed by atoms with Crippen molar-refractivity contribution in [2.75, 3.05) is 44.0 Å². The third-order valence-electron chi connectivity index (χ3n) is 5.84. The highest BCUT2D eigenvalue weighted by molar-refractivity contribution is 6.05. The summed E-state index contributed by atoms with van der Waals surface area (Å²) in [6.45, 7) is 3.85. The van der Waals surface area contributed by atoms with Crippen LogP contribution in [0.25, 0.3) is 0 Å². The van der Waals surface area contributed by atoms with Gasteiger partial charge in [0.15, 0.2) is 0 Å². The maximum Gasteiger partial charge on any atom is 0.254 e. The van der Waals surface area contributed by atoms with Crippen LogP contribution in [0.5, 0.6) is 5.75 Å². The molecule has 2 N–H and O–H groups in total. The Balaban J connectivity index is 1.66. The van der Waals surface area contributed by atoms with E-state index in [0.717, 1.165) is 23.5 Å². The van der Waals surface area contributed by atoms with E-state index in [1.807, 2.05) is 60.2 Å². The molecular formula is C22H26N4O3. The highest BCUT2D eigenvalue weighted by Gasteiger charge is 2.32. The Morgan fingerprint density at radius 3 is 2.79 bits per heavy atom. The number of nitrogens with one attached hydrogen (secondary N) is 2. The van der Waals surface area contributed by atoms with Gasteiger partial charge in [-0.05, 0) is 31.2 Å². The molecule has 2 amide bonds. The minimum atomic E-state index is -0.243. The Morgan fingerprint density at radius 1 is 1.21 bits per heavy atom. The average Bonchev–Trinajstić information content (AvgIpc) is 2.76. The monoisotopic (exact) mass is 394 g/mol. The lowest BCUT2D eigenvalue weighted by molar-refractivity contribution is -0.117. The van der Waals surface area contributed by atoms with E-state index in [0.29, 0.717) is 24.3 Å². The topological polar surface area (TPSA) is 73.9 Å². The Hall–Kier alpha value is -3.06. The fourth-order valence-electron chi connectivity index (χ4n) is 4.03. The Bertz CT molecular complexity index is 945. The first-order valence-electron chi connectivity index (χ1n) is 9.83. The molecule has 0 radical (unpaired) electrons. The number of ether oxygens (including phenoxy) is 1. The Kier molecular flexibility index (Phi) is 5.15. The predicted octanol–water partition coefficient (Wildman–Crippen LogP) is 2.26. The molecule has 2 aliphatic rings. The van der Waals surface area contributed by atoms with Crippen LogP contribution in [0.15, 0.2) is 42.5 Å². The number of carbonyl (C=O) groups is 2. The minimum Gasteiger partial charge on any atom is -0.496 e. The van der Waals surface area contributed by atoms with Gasteiger partial charge in [-0.3, -0.25) is 9.59 Å². The van der Waals surface area contributed by atoms with E-state index in [1.165, 1.54) is 0 Å². The predicted molar refractivity (Wildman–Crippen MR) is 113 cm³/mol. The number of rotatable bonds is 3. The van der Waals surface area contributed by atoms with Crippen molar-refractivity contribution in [3.63, 3.8) is 0 Å². The fraction of sp³-hybridized carbons (Fsp3) is 0.364. The van der Waals surface area contributed by atoms with Crippen LogP contribution >= 0.6 is 0 Å². The third kappa shape index (κ3) is 3.42. The summed E-state index contributed by atoms with van der Waals surface area (Å²) in [6.07, 6.45) is 0. The van der Waals surface area contributed by atoms with Crippen molar-refractivity contribution in [1.82, 2.24) is 10.2 Å². The van der Waals surface area contributed by atoms with E-state index >= 15 is 0 Å². The van der Waals surface area contributed by atoms with Crippen LogP contribution in [0.4, 0.5) is 11.4 Å². The molecule has 0 spiro atoms. The number of fused-ring (bicyclic) bond motifs is 1. The molecule has 2 atom stereocenters. The zero-order valence-electron chi connectivity index (χ0n) is 16.9. The van der Waals surface area contributed by atoms with Crippen molar-refractivity contribution in [3.8, 4) is 5.75 Å². The number of methoxy groups -OCH3 is 1. The molecule has 7 nitrogen and oxygen atoms in total. The van der Waals surface area contributed by atoms with Crippen LogP contribution in [0.3, 0.4) is 0 Å². The van der Waals surface area contributed by atoms with Gasteiger partial charge in [-0.2, -0.15) is 0 Å². The first-order chi connectivity index (χ1) is 14.0. The molecule has 0 saturated carbocycles. The van der Waals surface area contributed by atoms with E-state index in [4.69, 9.17) is 4.74 Å². The lowest BCUT2D eigenvalue weighted by Gasteiger charge is -2.37. The molecule has 0 bridgehead atoms. The molecule has 2 aromatic rings. The van der Waals surface area contributed by atoms with Gasteiger partial charge in [-0.15, -0.1) is 0 Å². The first-order valence-corrected chi connectivity index (χ1v) is 9.83. The summed E-state index contributed by atoms with van der Waals surface area (Å²) < 4.78 is 5.52. The third-order valence-corrected chi connectivity index (χ3v) is 5.84. The smallest absolute Gasteiger partial charge is 0.254 e.